The van der Waals surface area contributed by atoms with E-state index in [9.17, 15) is 4.79 Å². The Balaban J connectivity index is 1.65. The van der Waals surface area contributed by atoms with Crippen molar-refractivity contribution in [1.29, 1.82) is 0 Å². The maximum Gasteiger partial charge on any atom is 0.257 e. The lowest BCUT2D eigenvalue weighted by atomic mass is 9.88. The maximum atomic E-state index is 12.6. The summed E-state index contributed by atoms with van der Waals surface area (Å²) in [6.45, 7) is 1.18. The summed E-state index contributed by atoms with van der Waals surface area (Å²) >= 11 is 0. The van der Waals surface area contributed by atoms with Gasteiger partial charge in [-0.15, -0.1) is 0 Å². The van der Waals surface area contributed by atoms with Gasteiger partial charge in [0.1, 0.15) is 6.26 Å². The number of nitrogens with zero attached hydrogens (tertiary/aromatic N) is 3. The summed E-state index contributed by atoms with van der Waals surface area (Å²) in [6, 6.07) is 11.8. The zero-order valence-electron chi connectivity index (χ0n) is 12.3. The van der Waals surface area contributed by atoms with Crippen LogP contribution in [0.4, 0.5) is 0 Å². The number of aromatic nitrogens is 2. The molecule has 0 N–H and O–H groups in total. The Kier molecular flexibility index (Phi) is 3.42. The Morgan fingerprint density at radius 2 is 1.96 bits per heavy atom. The molecule has 1 fully saturated rings. The Bertz CT molecular complexity index is 769. The molecule has 6 nitrogen and oxygen atoms in total. The number of likely N-dealkylation sites (tertiary alicyclic amines) is 1. The van der Waals surface area contributed by atoms with E-state index >= 15 is 0 Å². The van der Waals surface area contributed by atoms with E-state index < -0.39 is 0 Å². The van der Waals surface area contributed by atoms with Crippen molar-refractivity contribution in [3.05, 3.63) is 72.3 Å². The molecule has 3 heterocycles. The summed E-state index contributed by atoms with van der Waals surface area (Å²) in [5.74, 6) is 0.767. The molecule has 3 aromatic rings. The molecule has 1 aromatic carbocycles. The van der Waals surface area contributed by atoms with E-state index in [0.29, 0.717) is 24.5 Å². The van der Waals surface area contributed by atoms with Gasteiger partial charge in [0.25, 0.3) is 5.91 Å². The highest BCUT2D eigenvalue weighted by molar-refractivity contribution is 5.94. The van der Waals surface area contributed by atoms with Crippen molar-refractivity contribution in [1.82, 2.24) is 15.0 Å². The van der Waals surface area contributed by atoms with Crippen molar-refractivity contribution in [2.75, 3.05) is 13.1 Å². The molecule has 0 saturated carbocycles. The smallest absolute Gasteiger partial charge is 0.257 e. The average molecular weight is 309 g/mol. The van der Waals surface area contributed by atoms with Crippen LogP contribution >= 0.6 is 0 Å². The molecule has 0 spiro atoms. The number of amides is 1. The van der Waals surface area contributed by atoms with Gasteiger partial charge in [0, 0.05) is 24.9 Å². The first-order valence-corrected chi connectivity index (χ1v) is 7.45. The summed E-state index contributed by atoms with van der Waals surface area (Å²) < 4.78 is 9.92. The van der Waals surface area contributed by atoms with E-state index in [1.165, 1.54) is 24.5 Å². The summed E-state index contributed by atoms with van der Waals surface area (Å²) in [4.78, 5) is 18.6. The number of hydrogen-bond donors (Lipinski definition) is 0. The van der Waals surface area contributed by atoms with Crippen molar-refractivity contribution in [2.45, 2.75) is 11.8 Å². The monoisotopic (exact) mass is 309 g/mol. The van der Waals surface area contributed by atoms with Gasteiger partial charge in [-0.05, 0) is 11.6 Å². The van der Waals surface area contributed by atoms with Crippen LogP contribution < -0.4 is 0 Å². The maximum absolute atomic E-state index is 12.6. The van der Waals surface area contributed by atoms with Crippen LogP contribution in [0.3, 0.4) is 0 Å². The third-order valence-corrected chi connectivity index (χ3v) is 4.31. The van der Waals surface area contributed by atoms with Crippen LogP contribution in [0, 0.1) is 0 Å². The summed E-state index contributed by atoms with van der Waals surface area (Å²) in [7, 11) is 0. The highest BCUT2D eigenvalue weighted by Crippen LogP contribution is 2.38. The first kappa shape index (κ1) is 13.8. The van der Waals surface area contributed by atoms with E-state index in [2.05, 4.69) is 22.3 Å². The molecule has 0 radical (unpaired) electrons. The van der Waals surface area contributed by atoms with E-state index in [1.54, 1.807) is 6.07 Å². The number of benzene rings is 1. The first-order valence-electron chi connectivity index (χ1n) is 7.45. The zero-order chi connectivity index (χ0) is 15.6. The molecule has 1 aliphatic rings. The number of furan rings is 1. The minimum Gasteiger partial charge on any atom is -0.472 e. The molecule has 0 bridgehead atoms. The predicted octanol–water partition coefficient (Wildman–Crippen LogP) is 2.69. The topological polar surface area (TPSA) is 72.4 Å². The third-order valence-electron chi connectivity index (χ3n) is 4.31. The second-order valence-electron chi connectivity index (χ2n) is 5.64. The minimum atomic E-state index is -0.0364. The van der Waals surface area contributed by atoms with E-state index in [0.717, 1.165) is 0 Å². The number of carbonyl (C=O) groups is 1. The van der Waals surface area contributed by atoms with Gasteiger partial charge in [-0.1, -0.05) is 35.5 Å². The van der Waals surface area contributed by atoms with Crippen molar-refractivity contribution < 1.29 is 13.7 Å². The van der Waals surface area contributed by atoms with Gasteiger partial charge in [0.05, 0.1) is 11.8 Å². The standard InChI is InChI=1S/C17H15N3O3/c21-17(13-6-7-22-10-13)20-8-14(12-4-2-1-3-5-12)15(9-20)16-18-11-23-19-16/h1-7,10-11,14-15H,8-9H2. The van der Waals surface area contributed by atoms with Crippen LogP contribution in [0.2, 0.25) is 0 Å². The lowest BCUT2D eigenvalue weighted by Gasteiger charge is -2.15. The van der Waals surface area contributed by atoms with Crippen LogP contribution in [0.15, 0.2) is 64.3 Å². The second-order valence-corrected chi connectivity index (χ2v) is 5.64. The van der Waals surface area contributed by atoms with E-state index in [1.807, 2.05) is 23.1 Å². The molecule has 2 unspecified atom stereocenters. The predicted molar refractivity (Wildman–Crippen MR) is 80.8 cm³/mol. The van der Waals surface area contributed by atoms with Crippen LogP contribution in [-0.4, -0.2) is 34.0 Å². The van der Waals surface area contributed by atoms with Gasteiger partial charge in [-0.3, -0.25) is 4.79 Å². The fourth-order valence-electron chi connectivity index (χ4n) is 3.18. The third kappa shape index (κ3) is 2.52. The molecule has 1 saturated heterocycles. The van der Waals surface area contributed by atoms with Gasteiger partial charge < -0.3 is 13.8 Å². The van der Waals surface area contributed by atoms with E-state index in [4.69, 9.17) is 8.94 Å². The molecular formula is C17H15N3O3. The molecule has 116 valence electrons. The van der Waals surface area contributed by atoms with E-state index in [-0.39, 0.29) is 17.7 Å². The Hall–Kier alpha value is -2.89. The Morgan fingerprint density at radius 3 is 2.65 bits per heavy atom. The van der Waals surface area contributed by atoms with Crippen LogP contribution in [-0.2, 0) is 0 Å². The van der Waals surface area contributed by atoms with Gasteiger partial charge in [0.2, 0.25) is 6.39 Å². The number of carbonyl (C=O) groups excluding carboxylic acids is 1. The van der Waals surface area contributed by atoms with Crippen molar-refractivity contribution in [3.63, 3.8) is 0 Å². The molecule has 1 amide bonds. The fraction of sp³-hybridized carbons (Fsp3) is 0.235. The van der Waals surface area contributed by atoms with Crippen LogP contribution in [0.25, 0.3) is 0 Å². The lowest BCUT2D eigenvalue weighted by molar-refractivity contribution is 0.0788. The van der Waals surface area contributed by atoms with Crippen LogP contribution in [0.5, 0.6) is 0 Å². The Morgan fingerprint density at radius 1 is 1.13 bits per heavy atom. The molecule has 2 aromatic heterocycles. The normalized spacial score (nSPS) is 20.8. The lowest BCUT2D eigenvalue weighted by Crippen LogP contribution is -2.28. The molecule has 2 atom stereocenters. The number of rotatable bonds is 3. The van der Waals surface area contributed by atoms with Gasteiger partial charge in [-0.2, -0.15) is 4.98 Å². The van der Waals surface area contributed by atoms with Gasteiger partial charge in [0.15, 0.2) is 5.82 Å². The average Bonchev–Trinajstić information content (AvgIpc) is 3.35. The summed E-state index contributed by atoms with van der Waals surface area (Å²) in [6.07, 6.45) is 4.31. The highest BCUT2D eigenvalue weighted by atomic mass is 16.5. The highest BCUT2D eigenvalue weighted by Gasteiger charge is 2.39. The van der Waals surface area contributed by atoms with Crippen molar-refractivity contribution >= 4 is 5.91 Å². The molecule has 6 heteroatoms. The SMILES string of the molecule is O=C(c1ccoc1)N1CC(c2ccccc2)C(c2ncon2)C1. The van der Waals surface area contributed by atoms with Gasteiger partial charge in [-0.25, -0.2) is 0 Å². The largest absolute Gasteiger partial charge is 0.472 e. The first-order chi connectivity index (χ1) is 11.3. The number of hydrogen-bond acceptors (Lipinski definition) is 5. The van der Waals surface area contributed by atoms with Crippen molar-refractivity contribution in [2.24, 2.45) is 0 Å². The molecule has 1 aliphatic heterocycles. The van der Waals surface area contributed by atoms with Crippen LogP contribution in [0.1, 0.15) is 33.6 Å². The summed E-state index contributed by atoms with van der Waals surface area (Å²) in [5.41, 5.74) is 1.73. The van der Waals surface area contributed by atoms with Gasteiger partial charge >= 0.3 is 0 Å². The van der Waals surface area contributed by atoms with Crippen molar-refractivity contribution in [3.8, 4) is 0 Å². The second kappa shape index (κ2) is 5.72. The quantitative estimate of drug-likeness (QED) is 0.744. The fourth-order valence-corrected chi connectivity index (χ4v) is 3.18. The molecular weight excluding hydrogens is 294 g/mol. The Labute approximate surface area is 132 Å². The summed E-state index contributed by atoms with van der Waals surface area (Å²) in [5, 5.41) is 3.99. The zero-order valence-corrected chi connectivity index (χ0v) is 12.3. The molecule has 4 rings (SSSR count). The molecule has 23 heavy (non-hydrogen) atoms. The molecule has 0 aliphatic carbocycles. The minimum absolute atomic E-state index is 0.0204.